The minimum atomic E-state index is 0.281. The number of hydrogen-bond donors (Lipinski definition) is 1. The van der Waals surface area contributed by atoms with Crippen LogP contribution in [0.5, 0.6) is 11.8 Å². The average molecular weight is 349 g/mol. The van der Waals surface area contributed by atoms with Crippen LogP contribution in [-0.4, -0.2) is 28.0 Å². The van der Waals surface area contributed by atoms with Gasteiger partial charge in [0, 0.05) is 19.6 Å². The summed E-state index contributed by atoms with van der Waals surface area (Å²) in [6.45, 7) is 6.39. The topological polar surface area (TPSA) is 63.2 Å². The molecule has 0 unspecified atom stereocenters. The van der Waals surface area contributed by atoms with Crippen molar-refractivity contribution in [2.75, 3.05) is 23.3 Å². The van der Waals surface area contributed by atoms with E-state index < -0.39 is 0 Å². The molecule has 0 aliphatic heterocycles. The van der Waals surface area contributed by atoms with Crippen molar-refractivity contribution in [1.29, 1.82) is 0 Å². The minimum Gasteiger partial charge on any atom is -0.424 e. The highest BCUT2D eigenvalue weighted by Crippen LogP contribution is 2.21. The van der Waals surface area contributed by atoms with Crippen molar-refractivity contribution in [3.8, 4) is 11.8 Å². The molecule has 0 saturated heterocycles. The largest absolute Gasteiger partial charge is 0.424 e. The van der Waals surface area contributed by atoms with Gasteiger partial charge < -0.3 is 15.0 Å². The fraction of sp³-hybridized carbons (Fsp3) is 0.250. The van der Waals surface area contributed by atoms with Crippen molar-refractivity contribution in [2.24, 2.45) is 0 Å². The lowest BCUT2D eigenvalue weighted by Gasteiger charge is -2.19. The maximum absolute atomic E-state index is 5.82. The molecule has 1 aromatic heterocycles. The highest BCUT2D eigenvalue weighted by molar-refractivity contribution is 5.39. The first-order valence-electron chi connectivity index (χ1n) is 8.80. The number of hydrogen-bond acceptors (Lipinski definition) is 6. The Hall–Kier alpha value is -3.15. The summed E-state index contributed by atoms with van der Waals surface area (Å²) in [5.74, 6) is 1.79. The molecule has 0 atom stereocenters. The monoisotopic (exact) mass is 349 g/mol. The number of anilines is 2. The second kappa shape index (κ2) is 8.80. The second-order valence-corrected chi connectivity index (χ2v) is 5.67. The lowest BCUT2D eigenvalue weighted by atomic mass is 10.2. The molecule has 6 nitrogen and oxygen atoms in total. The van der Waals surface area contributed by atoms with Crippen LogP contribution in [0.1, 0.15) is 19.4 Å². The molecule has 0 aliphatic carbocycles. The van der Waals surface area contributed by atoms with E-state index in [4.69, 9.17) is 4.74 Å². The molecule has 3 rings (SSSR count). The third-order valence-corrected chi connectivity index (χ3v) is 3.90. The van der Waals surface area contributed by atoms with Gasteiger partial charge in [0.15, 0.2) is 0 Å². The van der Waals surface area contributed by atoms with Gasteiger partial charge in [-0.05, 0) is 31.5 Å². The third-order valence-electron chi connectivity index (χ3n) is 3.90. The van der Waals surface area contributed by atoms with Crippen LogP contribution in [-0.2, 0) is 6.54 Å². The number of para-hydroxylation sites is 1. The van der Waals surface area contributed by atoms with Crippen LogP contribution in [0.2, 0.25) is 0 Å². The lowest BCUT2D eigenvalue weighted by molar-refractivity contribution is 0.440. The normalized spacial score (nSPS) is 10.4. The van der Waals surface area contributed by atoms with Crippen molar-refractivity contribution in [3.63, 3.8) is 0 Å². The quantitative estimate of drug-likeness (QED) is 0.660. The van der Waals surface area contributed by atoms with Gasteiger partial charge in [-0.2, -0.15) is 15.0 Å². The summed E-state index contributed by atoms with van der Waals surface area (Å²) in [5, 5.41) is 3.26. The van der Waals surface area contributed by atoms with E-state index in [1.807, 2.05) is 48.5 Å². The number of ether oxygens (including phenoxy) is 1. The average Bonchev–Trinajstić information content (AvgIpc) is 2.69. The van der Waals surface area contributed by atoms with Gasteiger partial charge in [-0.1, -0.05) is 48.5 Å². The molecule has 0 aliphatic rings. The molecule has 6 heteroatoms. The van der Waals surface area contributed by atoms with Crippen molar-refractivity contribution in [2.45, 2.75) is 20.4 Å². The summed E-state index contributed by atoms with van der Waals surface area (Å²) in [4.78, 5) is 15.5. The molecule has 0 spiro atoms. The van der Waals surface area contributed by atoms with Gasteiger partial charge in [0.1, 0.15) is 5.75 Å². The minimum absolute atomic E-state index is 0.281. The molecule has 134 valence electrons. The number of nitrogens with one attached hydrogen (secondary N) is 1. The van der Waals surface area contributed by atoms with Crippen LogP contribution in [0.4, 0.5) is 11.9 Å². The summed E-state index contributed by atoms with van der Waals surface area (Å²) in [5.41, 5.74) is 1.16. The van der Waals surface area contributed by atoms with Crippen LogP contribution < -0.4 is 15.0 Å². The molecule has 26 heavy (non-hydrogen) atoms. The van der Waals surface area contributed by atoms with E-state index in [0.717, 1.165) is 18.7 Å². The maximum Gasteiger partial charge on any atom is 0.328 e. The predicted octanol–water partition coefficient (Wildman–Crippen LogP) is 4.12. The summed E-state index contributed by atoms with van der Waals surface area (Å²) in [6.07, 6.45) is 0. The Balaban J connectivity index is 1.84. The molecule has 3 aromatic rings. The Kier molecular flexibility index (Phi) is 5.98. The Morgan fingerprint density at radius 1 is 0.846 bits per heavy atom. The third kappa shape index (κ3) is 4.69. The van der Waals surface area contributed by atoms with E-state index in [1.165, 1.54) is 0 Å². The molecule has 0 saturated carbocycles. The summed E-state index contributed by atoms with van der Waals surface area (Å²) in [6, 6.07) is 19.9. The first-order valence-corrected chi connectivity index (χ1v) is 8.80. The predicted molar refractivity (Wildman–Crippen MR) is 104 cm³/mol. The molecule has 0 bridgehead atoms. The van der Waals surface area contributed by atoms with E-state index in [2.05, 4.69) is 51.1 Å². The van der Waals surface area contributed by atoms with Gasteiger partial charge in [-0.3, -0.25) is 0 Å². The van der Waals surface area contributed by atoms with Crippen LogP contribution in [0.3, 0.4) is 0 Å². The zero-order chi connectivity index (χ0) is 18.2. The van der Waals surface area contributed by atoms with Crippen molar-refractivity contribution in [1.82, 2.24) is 15.0 Å². The van der Waals surface area contributed by atoms with E-state index in [9.17, 15) is 0 Å². The van der Waals surface area contributed by atoms with E-state index >= 15 is 0 Å². The smallest absolute Gasteiger partial charge is 0.328 e. The number of aromatic nitrogens is 3. The fourth-order valence-electron chi connectivity index (χ4n) is 2.49. The highest BCUT2D eigenvalue weighted by atomic mass is 16.5. The Bertz CT molecular complexity index is 807. The standard InChI is InChI=1S/C20H23N5O/c1-3-25(4-2)19-22-18(21-15-16-11-7-5-8-12-16)23-20(24-19)26-17-13-9-6-10-14-17/h5-14H,3-4,15H2,1-2H3,(H,21,22,23,24). The van der Waals surface area contributed by atoms with Crippen LogP contribution in [0, 0.1) is 0 Å². The van der Waals surface area contributed by atoms with E-state index in [0.29, 0.717) is 24.2 Å². The van der Waals surface area contributed by atoms with Gasteiger partial charge >= 0.3 is 6.01 Å². The van der Waals surface area contributed by atoms with Gasteiger partial charge in [0.25, 0.3) is 0 Å². The van der Waals surface area contributed by atoms with Crippen LogP contribution >= 0.6 is 0 Å². The van der Waals surface area contributed by atoms with Crippen LogP contribution in [0.15, 0.2) is 60.7 Å². The van der Waals surface area contributed by atoms with Gasteiger partial charge in [0.2, 0.25) is 11.9 Å². The summed E-state index contributed by atoms with van der Waals surface area (Å²) < 4.78 is 5.82. The fourth-order valence-corrected chi connectivity index (χ4v) is 2.49. The molecule has 0 amide bonds. The van der Waals surface area contributed by atoms with Crippen molar-refractivity contribution in [3.05, 3.63) is 66.2 Å². The van der Waals surface area contributed by atoms with Gasteiger partial charge in [0.05, 0.1) is 0 Å². The first-order chi connectivity index (χ1) is 12.8. The molecule has 0 radical (unpaired) electrons. The molecule has 0 fully saturated rings. The van der Waals surface area contributed by atoms with Crippen molar-refractivity contribution < 1.29 is 4.74 Å². The summed E-state index contributed by atoms with van der Waals surface area (Å²) in [7, 11) is 0. The Morgan fingerprint density at radius 2 is 1.50 bits per heavy atom. The highest BCUT2D eigenvalue weighted by Gasteiger charge is 2.12. The first kappa shape index (κ1) is 17.7. The SMILES string of the molecule is CCN(CC)c1nc(NCc2ccccc2)nc(Oc2ccccc2)n1. The zero-order valence-corrected chi connectivity index (χ0v) is 15.1. The van der Waals surface area contributed by atoms with Gasteiger partial charge in [-0.15, -0.1) is 0 Å². The molecule has 1 heterocycles. The van der Waals surface area contributed by atoms with Crippen molar-refractivity contribution >= 4 is 11.9 Å². The van der Waals surface area contributed by atoms with Crippen LogP contribution in [0.25, 0.3) is 0 Å². The van der Waals surface area contributed by atoms with E-state index in [-0.39, 0.29) is 6.01 Å². The molecular formula is C20H23N5O. The van der Waals surface area contributed by atoms with Gasteiger partial charge in [-0.25, -0.2) is 0 Å². The number of rotatable bonds is 8. The molecule has 2 aromatic carbocycles. The second-order valence-electron chi connectivity index (χ2n) is 5.67. The number of nitrogens with zero attached hydrogens (tertiary/aromatic N) is 4. The molecular weight excluding hydrogens is 326 g/mol. The Morgan fingerprint density at radius 3 is 2.15 bits per heavy atom. The zero-order valence-electron chi connectivity index (χ0n) is 15.1. The maximum atomic E-state index is 5.82. The Labute approximate surface area is 153 Å². The lowest BCUT2D eigenvalue weighted by Crippen LogP contribution is -2.25. The molecule has 1 N–H and O–H groups in total. The van der Waals surface area contributed by atoms with E-state index in [1.54, 1.807) is 0 Å². The summed E-state index contributed by atoms with van der Waals surface area (Å²) >= 11 is 0. The number of benzene rings is 2.